The molecule has 0 saturated carbocycles. The number of thiophene rings is 1. The van der Waals surface area contributed by atoms with Gasteiger partial charge in [-0.05, 0) is 24.0 Å². The van der Waals surface area contributed by atoms with Crippen LogP contribution < -0.4 is 0 Å². The molecular formula is C19H14S2. The van der Waals surface area contributed by atoms with Crippen LogP contribution in [-0.4, -0.2) is 6.26 Å². The summed E-state index contributed by atoms with van der Waals surface area (Å²) in [6.07, 6.45) is 2.14. The summed E-state index contributed by atoms with van der Waals surface area (Å²) in [4.78, 5) is 1.34. The lowest BCUT2D eigenvalue weighted by atomic mass is 10.0. The standard InChI is InChI=1S/C19H14S2/c1-20-17-11-4-2-7-13(17)15-9-6-10-16-14-8-3-5-12-18(14)21-19(15)16/h2-12H,1H3. The van der Waals surface area contributed by atoms with Crippen LogP contribution in [0.4, 0.5) is 0 Å². The van der Waals surface area contributed by atoms with Crippen molar-refractivity contribution in [2.75, 3.05) is 6.26 Å². The van der Waals surface area contributed by atoms with E-state index in [1.807, 2.05) is 23.1 Å². The van der Waals surface area contributed by atoms with Gasteiger partial charge in [-0.25, -0.2) is 0 Å². The first-order chi connectivity index (χ1) is 10.4. The van der Waals surface area contributed by atoms with Gasteiger partial charge in [0, 0.05) is 30.6 Å². The molecule has 0 aliphatic rings. The first kappa shape index (κ1) is 12.9. The third-order valence-electron chi connectivity index (χ3n) is 3.80. The Morgan fingerprint density at radius 1 is 0.714 bits per heavy atom. The Morgan fingerprint density at radius 3 is 2.33 bits per heavy atom. The molecule has 1 aromatic heterocycles. The Balaban J connectivity index is 2.10. The Labute approximate surface area is 132 Å². The van der Waals surface area contributed by atoms with Gasteiger partial charge in [0.2, 0.25) is 0 Å². The van der Waals surface area contributed by atoms with Crippen molar-refractivity contribution in [2.45, 2.75) is 4.90 Å². The van der Waals surface area contributed by atoms with Crippen molar-refractivity contribution in [3.63, 3.8) is 0 Å². The van der Waals surface area contributed by atoms with Gasteiger partial charge < -0.3 is 0 Å². The maximum atomic E-state index is 2.24. The van der Waals surface area contributed by atoms with E-state index in [1.165, 1.54) is 36.2 Å². The molecular weight excluding hydrogens is 292 g/mol. The molecule has 0 N–H and O–H groups in total. The summed E-state index contributed by atoms with van der Waals surface area (Å²) in [5.41, 5.74) is 2.68. The molecule has 0 unspecified atom stereocenters. The molecule has 0 aliphatic heterocycles. The zero-order chi connectivity index (χ0) is 14.2. The van der Waals surface area contributed by atoms with Gasteiger partial charge in [0.1, 0.15) is 0 Å². The van der Waals surface area contributed by atoms with E-state index in [-0.39, 0.29) is 0 Å². The third-order valence-corrected chi connectivity index (χ3v) is 5.82. The molecule has 0 radical (unpaired) electrons. The van der Waals surface area contributed by atoms with Crippen molar-refractivity contribution in [3.05, 3.63) is 66.7 Å². The Morgan fingerprint density at radius 2 is 1.43 bits per heavy atom. The van der Waals surface area contributed by atoms with E-state index in [0.29, 0.717) is 0 Å². The molecule has 0 saturated heterocycles. The highest BCUT2D eigenvalue weighted by Crippen LogP contribution is 2.41. The van der Waals surface area contributed by atoms with Gasteiger partial charge >= 0.3 is 0 Å². The molecule has 102 valence electrons. The van der Waals surface area contributed by atoms with E-state index >= 15 is 0 Å². The van der Waals surface area contributed by atoms with Gasteiger partial charge in [-0.15, -0.1) is 23.1 Å². The Bertz CT molecular complexity index is 935. The maximum absolute atomic E-state index is 2.24. The highest BCUT2D eigenvalue weighted by Gasteiger charge is 2.11. The van der Waals surface area contributed by atoms with Crippen LogP contribution in [0, 0.1) is 0 Å². The number of hydrogen-bond acceptors (Lipinski definition) is 2. The summed E-state index contributed by atoms with van der Waals surface area (Å²) >= 11 is 3.70. The van der Waals surface area contributed by atoms with Crippen molar-refractivity contribution < 1.29 is 0 Å². The first-order valence-electron chi connectivity index (χ1n) is 6.92. The lowest BCUT2D eigenvalue weighted by Crippen LogP contribution is -1.81. The van der Waals surface area contributed by atoms with Crippen LogP contribution in [0.3, 0.4) is 0 Å². The van der Waals surface area contributed by atoms with Crippen molar-refractivity contribution in [2.24, 2.45) is 0 Å². The smallest absolute Gasteiger partial charge is 0.0434 e. The van der Waals surface area contributed by atoms with Gasteiger partial charge in [-0.3, -0.25) is 0 Å². The predicted octanol–water partition coefficient (Wildman–Crippen LogP) is 6.44. The summed E-state index contributed by atoms with van der Waals surface area (Å²) in [6, 6.07) is 24.0. The normalized spacial score (nSPS) is 11.3. The fourth-order valence-corrected chi connectivity index (χ4v) is 4.67. The van der Waals surface area contributed by atoms with Crippen LogP contribution in [0.25, 0.3) is 31.3 Å². The number of thioether (sulfide) groups is 1. The van der Waals surface area contributed by atoms with E-state index in [0.717, 1.165) is 0 Å². The number of rotatable bonds is 2. The second-order valence-corrected chi connectivity index (χ2v) is 6.88. The van der Waals surface area contributed by atoms with Gasteiger partial charge in [0.15, 0.2) is 0 Å². The average Bonchev–Trinajstić information content (AvgIpc) is 2.93. The minimum absolute atomic E-state index is 1.34. The molecule has 2 heteroatoms. The van der Waals surface area contributed by atoms with Gasteiger partial charge in [-0.1, -0.05) is 54.6 Å². The Hall–Kier alpha value is -1.77. The molecule has 1 heterocycles. The van der Waals surface area contributed by atoms with E-state index in [4.69, 9.17) is 0 Å². The quantitative estimate of drug-likeness (QED) is 0.384. The molecule has 4 aromatic rings. The molecule has 0 atom stereocenters. The summed E-state index contributed by atoms with van der Waals surface area (Å²) < 4.78 is 2.75. The van der Waals surface area contributed by atoms with Crippen LogP contribution in [-0.2, 0) is 0 Å². The zero-order valence-corrected chi connectivity index (χ0v) is 13.3. The summed E-state index contributed by atoms with van der Waals surface area (Å²) in [5, 5.41) is 2.73. The fraction of sp³-hybridized carbons (Fsp3) is 0.0526. The first-order valence-corrected chi connectivity index (χ1v) is 8.96. The molecule has 0 fully saturated rings. The lowest BCUT2D eigenvalue weighted by Gasteiger charge is -2.08. The van der Waals surface area contributed by atoms with Crippen molar-refractivity contribution in [1.29, 1.82) is 0 Å². The zero-order valence-electron chi connectivity index (χ0n) is 11.7. The summed E-state index contributed by atoms with van der Waals surface area (Å²) in [5.74, 6) is 0. The minimum Gasteiger partial charge on any atom is -0.135 e. The lowest BCUT2D eigenvalue weighted by molar-refractivity contribution is 1.46. The molecule has 3 aromatic carbocycles. The highest BCUT2D eigenvalue weighted by molar-refractivity contribution is 7.98. The Kier molecular flexibility index (Phi) is 3.21. The van der Waals surface area contributed by atoms with E-state index < -0.39 is 0 Å². The second kappa shape index (κ2) is 5.21. The maximum Gasteiger partial charge on any atom is 0.0434 e. The van der Waals surface area contributed by atoms with E-state index in [1.54, 1.807) is 0 Å². The van der Waals surface area contributed by atoms with Crippen LogP contribution in [0.1, 0.15) is 0 Å². The van der Waals surface area contributed by atoms with Crippen LogP contribution in [0.5, 0.6) is 0 Å². The number of fused-ring (bicyclic) bond motifs is 3. The predicted molar refractivity (Wildman–Crippen MR) is 96.5 cm³/mol. The van der Waals surface area contributed by atoms with Gasteiger partial charge in [0.25, 0.3) is 0 Å². The van der Waals surface area contributed by atoms with E-state index in [9.17, 15) is 0 Å². The number of benzene rings is 3. The number of hydrogen-bond donors (Lipinski definition) is 0. The van der Waals surface area contributed by atoms with Crippen LogP contribution in [0.15, 0.2) is 71.6 Å². The van der Waals surface area contributed by atoms with Gasteiger partial charge in [-0.2, -0.15) is 0 Å². The van der Waals surface area contributed by atoms with Crippen molar-refractivity contribution >= 4 is 43.3 Å². The topological polar surface area (TPSA) is 0 Å². The monoisotopic (exact) mass is 306 g/mol. The van der Waals surface area contributed by atoms with Gasteiger partial charge in [0.05, 0.1) is 0 Å². The van der Waals surface area contributed by atoms with Crippen molar-refractivity contribution in [3.8, 4) is 11.1 Å². The molecule has 0 nitrogen and oxygen atoms in total. The molecule has 0 bridgehead atoms. The molecule has 0 spiro atoms. The second-order valence-electron chi connectivity index (χ2n) is 4.98. The summed E-state index contributed by atoms with van der Waals surface area (Å²) in [7, 11) is 0. The molecule has 21 heavy (non-hydrogen) atoms. The summed E-state index contributed by atoms with van der Waals surface area (Å²) in [6.45, 7) is 0. The average molecular weight is 306 g/mol. The highest BCUT2D eigenvalue weighted by atomic mass is 32.2. The molecule has 4 rings (SSSR count). The van der Waals surface area contributed by atoms with Crippen LogP contribution >= 0.6 is 23.1 Å². The molecule has 0 aliphatic carbocycles. The minimum atomic E-state index is 1.34. The third kappa shape index (κ3) is 2.06. The fourth-order valence-electron chi connectivity index (χ4n) is 2.83. The SMILES string of the molecule is CSc1ccccc1-c1cccc2c1sc1ccccc12. The largest absolute Gasteiger partial charge is 0.135 e. The molecule has 0 amide bonds. The van der Waals surface area contributed by atoms with Crippen LogP contribution in [0.2, 0.25) is 0 Å². The van der Waals surface area contributed by atoms with Crippen molar-refractivity contribution in [1.82, 2.24) is 0 Å². The van der Waals surface area contributed by atoms with E-state index in [2.05, 4.69) is 73.0 Å².